The van der Waals surface area contributed by atoms with Crippen LogP contribution in [-0.2, 0) is 9.53 Å². The van der Waals surface area contributed by atoms with Gasteiger partial charge in [-0.1, -0.05) is 25.1 Å². The lowest BCUT2D eigenvalue weighted by molar-refractivity contribution is -0.113. The van der Waals surface area contributed by atoms with Gasteiger partial charge in [0.25, 0.3) is 5.56 Å². The highest BCUT2D eigenvalue weighted by atomic mass is 32.2. The Morgan fingerprint density at radius 2 is 1.96 bits per heavy atom. The number of rotatable bonds is 8. The summed E-state index contributed by atoms with van der Waals surface area (Å²) in [6, 6.07) is 6.40. The molecular formula is C17H21N5O4S. The van der Waals surface area contributed by atoms with Gasteiger partial charge < -0.3 is 15.9 Å². The number of aryl methyl sites for hydroxylation is 1. The zero-order valence-corrected chi connectivity index (χ0v) is 15.9. The molecule has 27 heavy (non-hydrogen) atoms. The van der Waals surface area contributed by atoms with E-state index in [0.29, 0.717) is 17.9 Å². The van der Waals surface area contributed by atoms with Crippen LogP contribution in [0.1, 0.15) is 35.8 Å². The minimum absolute atomic E-state index is 0.00477. The summed E-state index contributed by atoms with van der Waals surface area (Å²) in [6.45, 7) is 3.91. The van der Waals surface area contributed by atoms with Crippen molar-refractivity contribution in [1.29, 1.82) is 0 Å². The molecule has 0 aliphatic rings. The number of esters is 1. The third kappa shape index (κ3) is 5.81. The van der Waals surface area contributed by atoms with Gasteiger partial charge >= 0.3 is 5.97 Å². The lowest BCUT2D eigenvalue weighted by atomic mass is 10.2. The Labute approximate surface area is 160 Å². The molecule has 2 rings (SSSR count). The fourth-order valence-corrected chi connectivity index (χ4v) is 2.63. The van der Waals surface area contributed by atoms with Gasteiger partial charge in [-0.05, 0) is 37.6 Å². The van der Waals surface area contributed by atoms with Gasteiger partial charge in [0.05, 0.1) is 17.9 Å². The van der Waals surface area contributed by atoms with E-state index < -0.39 is 11.5 Å². The predicted molar refractivity (Wildman–Crippen MR) is 102 cm³/mol. The monoisotopic (exact) mass is 391 g/mol. The van der Waals surface area contributed by atoms with Gasteiger partial charge in [-0.2, -0.15) is 4.68 Å². The first-order chi connectivity index (χ1) is 12.9. The minimum Gasteiger partial charge on any atom is -0.462 e. The van der Waals surface area contributed by atoms with Crippen molar-refractivity contribution < 1.29 is 14.3 Å². The maximum absolute atomic E-state index is 12.0. The van der Waals surface area contributed by atoms with Crippen LogP contribution in [0, 0.1) is 6.92 Å². The number of anilines is 1. The molecule has 9 nitrogen and oxygen atoms in total. The second-order valence-corrected chi connectivity index (χ2v) is 6.59. The topological polar surface area (TPSA) is 129 Å². The molecule has 0 bridgehead atoms. The first-order valence-corrected chi connectivity index (χ1v) is 9.32. The number of hydrogen-bond acceptors (Lipinski definition) is 8. The number of nitrogens with zero attached hydrogens (tertiary/aromatic N) is 3. The van der Waals surface area contributed by atoms with E-state index in [2.05, 4.69) is 15.5 Å². The van der Waals surface area contributed by atoms with Crippen molar-refractivity contribution in [2.24, 2.45) is 0 Å². The second-order valence-electron chi connectivity index (χ2n) is 5.65. The molecular weight excluding hydrogens is 370 g/mol. The molecule has 0 aliphatic heterocycles. The number of hydrogen-bond donors (Lipinski definition) is 2. The molecule has 0 spiro atoms. The van der Waals surface area contributed by atoms with Crippen molar-refractivity contribution in [3.05, 3.63) is 45.9 Å². The third-order valence-corrected chi connectivity index (χ3v) is 4.43. The van der Waals surface area contributed by atoms with E-state index >= 15 is 0 Å². The molecule has 144 valence electrons. The molecule has 0 saturated carbocycles. The number of aromatic nitrogens is 3. The van der Waals surface area contributed by atoms with Gasteiger partial charge in [0, 0.05) is 5.69 Å². The van der Waals surface area contributed by atoms with Crippen LogP contribution < -0.4 is 16.7 Å². The molecule has 1 amide bonds. The lowest BCUT2D eigenvalue weighted by Gasteiger charge is -2.08. The Morgan fingerprint density at radius 1 is 1.26 bits per heavy atom. The highest BCUT2D eigenvalue weighted by Crippen LogP contribution is 2.14. The number of ether oxygens (including phenoxy) is 1. The molecule has 0 radical (unpaired) electrons. The molecule has 0 saturated heterocycles. The molecule has 0 unspecified atom stereocenters. The number of thioether (sulfide) groups is 1. The van der Waals surface area contributed by atoms with Gasteiger partial charge in [-0.15, -0.1) is 10.2 Å². The first kappa shape index (κ1) is 20.4. The smallest absolute Gasteiger partial charge is 0.338 e. The van der Waals surface area contributed by atoms with E-state index in [-0.39, 0.29) is 22.5 Å². The molecule has 0 aliphatic carbocycles. The normalized spacial score (nSPS) is 10.4. The van der Waals surface area contributed by atoms with Crippen LogP contribution in [0.2, 0.25) is 0 Å². The average Bonchev–Trinajstić information content (AvgIpc) is 2.66. The Kier molecular flexibility index (Phi) is 7.35. The standard InChI is InChI=1S/C17H21N5O4S/c1-3-4-9-26-16(25)12-5-7-13(8-6-12)19-14(23)10-27-17-21-20-11(2)15(24)22(17)18/h5-8H,3-4,9-10,18H2,1-2H3,(H,19,23). The SMILES string of the molecule is CCCCOC(=O)c1ccc(NC(=O)CSc2nnc(C)c(=O)n2N)cc1. The quantitative estimate of drug-likeness (QED) is 0.298. The van der Waals surface area contributed by atoms with E-state index in [0.717, 1.165) is 29.3 Å². The summed E-state index contributed by atoms with van der Waals surface area (Å²) in [5.41, 5.74) is 0.667. The molecule has 0 fully saturated rings. The Balaban J connectivity index is 1.88. The van der Waals surface area contributed by atoms with Crippen LogP contribution >= 0.6 is 11.8 Å². The number of unbranched alkanes of at least 4 members (excludes halogenated alkanes) is 1. The van der Waals surface area contributed by atoms with Crippen molar-refractivity contribution in [2.45, 2.75) is 31.8 Å². The molecule has 1 heterocycles. The summed E-state index contributed by atoms with van der Waals surface area (Å²) in [5, 5.41) is 10.3. The number of carbonyl (C=O) groups is 2. The first-order valence-electron chi connectivity index (χ1n) is 8.33. The number of amides is 1. The van der Waals surface area contributed by atoms with E-state index in [1.165, 1.54) is 6.92 Å². The van der Waals surface area contributed by atoms with Crippen LogP contribution in [0.25, 0.3) is 0 Å². The van der Waals surface area contributed by atoms with Crippen molar-refractivity contribution in [3.8, 4) is 0 Å². The third-order valence-electron chi connectivity index (χ3n) is 3.49. The summed E-state index contributed by atoms with van der Waals surface area (Å²) < 4.78 is 5.98. The zero-order valence-electron chi connectivity index (χ0n) is 15.1. The highest BCUT2D eigenvalue weighted by Gasteiger charge is 2.11. The van der Waals surface area contributed by atoms with Crippen LogP contribution in [-0.4, -0.2) is 39.1 Å². The summed E-state index contributed by atoms with van der Waals surface area (Å²) in [4.78, 5) is 35.6. The zero-order chi connectivity index (χ0) is 19.8. The predicted octanol–water partition coefficient (Wildman–Crippen LogP) is 1.35. The Bertz CT molecular complexity index is 867. The van der Waals surface area contributed by atoms with Gasteiger partial charge in [0.2, 0.25) is 11.1 Å². The number of nitrogens with one attached hydrogen (secondary N) is 1. The van der Waals surface area contributed by atoms with Gasteiger partial charge in [0.15, 0.2) is 0 Å². The lowest BCUT2D eigenvalue weighted by Crippen LogP contribution is -2.32. The fourth-order valence-electron chi connectivity index (χ4n) is 1.98. The average molecular weight is 391 g/mol. The van der Waals surface area contributed by atoms with Crippen LogP contribution in [0.5, 0.6) is 0 Å². The van der Waals surface area contributed by atoms with E-state index in [1.54, 1.807) is 24.3 Å². The summed E-state index contributed by atoms with van der Waals surface area (Å²) in [5.74, 6) is 4.91. The van der Waals surface area contributed by atoms with Gasteiger partial charge in [-0.25, -0.2) is 4.79 Å². The van der Waals surface area contributed by atoms with E-state index in [9.17, 15) is 14.4 Å². The molecule has 1 aromatic heterocycles. The van der Waals surface area contributed by atoms with Crippen LogP contribution in [0.15, 0.2) is 34.2 Å². The number of benzene rings is 1. The summed E-state index contributed by atoms with van der Waals surface area (Å²) in [7, 11) is 0. The number of carbonyl (C=O) groups excluding carboxylic acids is 2. The maximum atomic E-state index is 12.0. The summed E-state index contributed by atoms with van der Waals surface area (Å²) >= 11 is 0.995. The van der Waals surface area contributed by atoms with Crippen molar-refractivity contribution in [3.63, 3.8) is 0 Å². The Morgan fingerprint density at radius 3 is 2.63 bits per heavy atom. The highest BCUT2D eigenvalue weighted by molar-refractivity contribution is 7.99. The maximum Gasteiger partial charge on any atom is 0.338 e. The molecule has 10 heteroatoms. The Hall–Kier alpha value is -2.88. The number of nitrogen functional groups attached to an aromatic ring is 1. The molecule has 0 atom stereocenters. The van der Waals surface area contributed by atoms with Crippen molar-refractivity contribution in [1.82, 2.24) is 14.9 Å². The van der Waals surface area contributed by atoms with Gasteiger partial charge in [-0.3, -0.25) is 9.59 Å². The van der Waals surface area contributed by atoms with E-state index in [1.807, 2.05) is 6.92 Å². The largest absolute Gasteiger partial charge is 0.462 e. The second kappa shape index (κ2) is 9.72. The minimum atomic E-state index is -0.464. The van der Waals surface area contributed by atoms with Crippen molar-refractivity contribution >= 4 is 29.3 Å². The molecule has 1 aromatic carbocycles. The summed E-state index contributed by atoms with van der Waals surface area (Å²) in [6.07, 6.45) is 1.77. The molecule has 2 aromatic rings. The fraction of sp³-hybridized carbons (Fsp3) is 0.353. The van der Waals surface area contributed by atoms with Gasteiger partial charge in [0.1, 0.15) is 5.69 Å². The van der Waals surface area contributed by atoms with Crippen LogP contribution in [0.3, 0.4) is 0 Å². The van der Waals surface area contributed by atoms with Crippen molar-refractivity contribution in [2.75, 3.05) is 23.5 Å². The van der Waals surface area contributed by atoms with Crippen LogP contribution in [0.4, 0.5) is 5.69 Å². The molecule has 3 N–H and O–H groups in total. The van der Waals surface area contributed by atoms with E-state index in [4.69, 9.17) is 10.6 Å². The number of nitrogens with two attached hydrogens (primary N) is 1.